The molecule has 0 aromatic rings. The van der Waals surface area contributed by atoms with E-state index in [1.807, 2.05) is 20.8 Å². The summed E-state index contributed by atoms with van der Waals surface area (Å²) in [6.45, 7) is 8.34. The van der Waals surface area contributed by atoms with Crippen molar-refractivity contribution in [3.8, 4) is 0 Å². The fraction of sp³-hybridized carbons (Fsp3) is 1.00. The summed E-state index contributed by atoms with van der Waals surface area (Å²) in [5, 5.41) is 3.39. The molecule has 0 bridgehead atoms. The molecular formula is C13H27N3O2S. The molecule has 0 amide bonds. The highest BCUT2D eigenvalue weighted by Crippen LogP contribution is 2.30. The SMILES string of the molecule is CC(C)(C)NS(=O)(=O)N1CCCC1C1CCCNC1. The maximum absolute atomic E-state index is 12.5. The summed E-state index contributed by atoms with van der Waals surface area (Å²) >= 11 is 0. The third-order valence-electron chi connectivity index (χ3n) is 3.87. The van der Waals surface area contributed by atoms with Gasteiger partial charge < -0.3 is 5.32 Å². The first-order valence-electron chi connectivity index (χ1n) is 7.31. The molecule has 19 heavy (non-hydrogen) atoms. The highest BCUT2D eigenvalue weighted by molar-refractivity contribution is 7.87. The Balaban J connectivity index is 2.09. The van der Waals surface area contributed by atoms with Crippen LogP contribution in [-0.2, 0) is 10.2 Å². The van der Waals surface area contributed by atoms with Gasteiger partial charge in [-0.1, -0.05) is 0 Å². The van der Waals surface area contributed by atoms with E-state index in [4.69, 9.17) is 0 Å². The van der Waals surface area contributed by atoms with Crippen LogP contribution in [0.2, 0.25) is 0 Å². The van der Waals surface area contributed by atoms with E-state index < -0.39 is 15.7 Å². The van der Waals surface area contributed by atoms with E-state index in [1.165, 1.54) is 0 Å². The van der Waals surface area contributed by atoms with Gasteiger partial charge in [-0.05, 0) is 65.5 Å². The smallest absolute Gasteiger partial charge is 0.280 e. The summed E-state index contributed by atoms with van der Waals surface area (Å²) in [5.41, 5.74) is -0.420. The van der Waals surface area contributed by atoms with Gasteiger partial charge in [-0.25, -0.2) is 0 Å². The molecule has 0 radical (unpaired) electrons. The van der Waals surface area contributed by atoms with Crippen LogP contribution in [0.1, 0.15) is 46.5 Å². The molecule has 5 nitrogen and oxygen atoms in total. The minimum atomic E-state index is -3.36. The van der Waals surface area contributed by atoms with Crippen molar-refractivity contribution in [2.75, 3.05) is 19.6 Å². The molecule has 6 heteroatoms. The van der Waals surface area contributed by atoms with Crippen molar-refractivity contribution >= 4 is 10.2 Å². The summed E-state index contributed by atoms with van der Waals surface area (Å²) < 4.78 is 29.5. The first kappa shape index (κ1) is 15.2. The summed E-state index contributed by atoms with van der Waals surface area (Å²) in [6.07, 6.45) is 4.27. The lowest BCUT2D eigenvalue weighted by Crippen LogP contribution is -2.53. The predicted molar refractivity (Wildman–Crippen MR) is 77.1 cm³/mol. The van der Waals surface area contributed by atoms with Crippen molar-refractivity contribution in [3.63, 3.8) is 0 Å². The van der Waals surface area contributed by atoms with Crippen molar-refractivity contribution in [3.05, 3.63) is 0 Å². The number of rotatable bonds is 3. The van der Waals surface area contributed by atoms with E-state index in [0.717, 1.165) is 38.8 Å². The van der Waals surface area contributed by atoms with Gasteiger partial charge in [0.25, 0.3) is 10.2 Å². The minimum Gasteiger partial charge on any atom is -0.316 e. The lowest BCUT2D eigenvalue weighted by atomic mass is 9.91. The number of hydrogen-bond donors (Lipinski definition) is 2. The zero-order valence-corrected chi connectivity index (χ0v) is 13.1. The molecule has 2 unspecified atom stereocenters. The maximum atomic E-state index is 12.5. The lowest BCUT2D eigenvalue weighted by Gasteiger charge is -2.35. The number of hydrogen-bond acceptors (Lipinski definition) is 3. The topological polar surface area (TPSA) is 61.4 Å². The van der Waals surface area contributed by atoms with Gasteiger partial charge in [-0.2, -0.15) is 17.4 Å². The zero-order valence-electron chi connectivity index (χ0n) is 12.3. The van der Waals surface area contributed by atoms with Gasteiger partial charge in [0, 0.05) is 18.1 Å². The molecule has 112 valence electrons. The van der Waals surface area contributed by atoms with Gasteiger partial charge in [0.15, 0.2) is 0 Å². The summed E-state index contributed by atoms with van der Waals surface area (Å²) in [6, 6.07) is 0.174. The fourth-order valence-electron chi connectivity index (χ4n) is 3.19. The Hall–Kier alpha value is -0.170. The lowest BCUT2D eigenvalue weighted by molar-refractivity contribution is 0.235. The Morgan fingerprint density at radius 1 is 1.21 bits per heavy atom. The highest BCUT2D eigenvalue weighted by Gasteiger charge is 2.40. The summed E-state index contributed by atoms with van der Waals surface area (Å²) in [4.78, 5) is 0. The van der Waals surface area contributed by atoms with Crippen LogP contribution < -0.4 is 10.0 Å². The van der Waals surface area contributed by atoms with Crippen LogP contribution in [0.5, 0.6) is 0 Å². The van der Waals surface area contributed by atoms with Crippen molar-refractivity contribution in [1.29, 1.82) is 0 Å². The predicted octanol–water partition coefficient (Wildman–Crippen LogP) is 1.08. The normalized spacial score (nSPS) is 30.7. The molecule has 2 aliphatic heterocycles. The second-order valence-corrected chi connectivity index (χ2v) is 8.41. The van der Waals surface area contributed by atoms with Crippen LogP contribution in [0.3, 0.4) is 0 Å². The van der Waals surface area contributed by atoms with Crippen molar-refractivity contribution in [2.24, 2.45) is 5.92 Å². The average molecular weight is 289 g/mol. The Morgan fingerprint density at radius 3 is 2.53 bits per heavy atom. The van der Waals surface area contributed by atoms with Crippen LogP contribution in [0, 0.1) is 5.92 Å². The fourth-order valence-corrected chi connectivity index (χ4v) is 5.08. The van der Waals surface area contributed by atoms with Gasteiger partial charge >= 0.3 is 0 Å². The molecule has 2 rings (SSSR count). The Morgan fingerprint density at radius 2 is 1.95 bits per heavy atom. The summed E-state index contributed by atoms with van der Waals surface area (Å²) in [7, 11) is -3.36. The number of nitrogens with zero attached hydrogens (tertiary/aromatic N) is 1. The maximum Gasteiger partial charge on any atom is 0.280 e. The van der Waals surface area contributed by atoms with Crippen LogP contribution >= 0.6 is 0 Å². The van der Waals surface area contributed by atoms with Crippen LogP contribution in [0.25, 0.3) is 0 Å². The monoisotopic (exact) mass is 289 g/mol. The zero-order chi connectivity index (χ0) is 14.1. The minimum absolute atomic E-state index is 0.174. The van der Waals surface area contributed by atoms with Crippen molar-refractivity contribution in [2.45, 2.75) is 58.0 Å². The molecular weight excluding hydrogens is 262 g/mol. The third kappa shape index (κ3) is 3.90. The first-order chi connectivity index (χ1) is 8.80. The Labute approximate surface area is 117 Å². The molecule has 2 atom stereocenters. The van der Waals surface area contributed by atoms with E-state index in [0.29, 0.717) is 12.5 Å². The van der Waals surface area contributed by atoms with E-state index in [1.54, 1.807) is 4.31 Å². The average Bonchev–Trinajstić information content (AvgIpc) is 2.76. The van der Waals surface area contributed by atoms with Crippen LogP contribution in [-0.4, -0.2) is 43.9 Å². The molecule has 0 aliphatic carbocycles. The van der Waals surface area contributed by atoms with Crippen LogP contribution in [0.15, 0.2) is 0 Å². The highest BCUT2D eigenvalue weighted by atomic mass is 32.2. The first-order valence-corrected chi connectivity index (χ1v) is 8.75. The largest absolute Gasteiger partial charge is 0.316 e. The molecule has 2 aliphatic rings. The van der Waals surface area contributed by atoms with Gasteiger partial charge in [0.2, 0.25) is 0 Å². The molecule has 2 heterocycles. The molecule has 2 saturated heterocycles. The molecule has 2 fully saturated rings. The van der Waals surface area contributed by atoms with E-state index in [9.17, 15) is 8.42 Å². The van der Waals surface area contributed by atoms with Crippen molar-refractivity contribution < 1.29 is 8.42 Å². The molecule has 0 saturated carbocycles. The second kappa shape index (κ2) is 5.68. The summed E-state index contributed by atoms with van der Waals surface area (Å²) in [5.74, 6) is 0.466. The van der Waals surface area contributed by atoms with Gasteiger partial charge in [-0.15, -0.1) is 0 Å². The quantitative estimate of drug-likeness (QED) is 0.817. The molecule has 0 spiro atoms. The number of nitrogens with one attached hydrogen (secondary N) is 2. The van der Waals surface area contributed by atoms with Crippen molar-refractivity contribution in [1.82, 2.24) is 14.3 Å². The van der Waals surface area contributed by atoms with Crippen LogP contribution in [0.4, 0.5) is 0 Å². The van der Waals surface area contributed by atoms with E-state index >= 15 is 0 Å². The molecule has 0 aromatic carbocycles. The van der Waals surface area contributed by atoms with E-state index in [-0.39, 0.29) is 6.04 Å². The second-order valence-electron chi connectivity index (χ2n) is 6.78. The third-order valence-corrected chi connectivity index (χ3v) is 5.81. The van der Waals surface area contributed by atoms with E-state index in [2.05, 4.69) is 10.0 Å². The van der Waals surface area contributed by atoms with Gasteiger partial charge in [-0.3, -0.25) is 0 Å². The van der Waals surface area contributed by atoms with Gasteiger partial charge in [0.1, 0.15) is 0 Å². The Bertz CT molecular complexity index is 397. The molecule has 2 N–H and O–H groups in total. The Kier molecular flexibility index (Phi) is 4.55. The van der Waals surface area contributed by atoms with Gasteiger partial charge in [0.05, 0.1) is 0 Å². The molecule has 0 aromatic heterocycles. The number of piperidine rings is 1. The standard InChI is InChI=1S/C13H27N3O2S/c1-13(2,3)15-19(17,18)16-9-5-7-12(16)11-6-4-8-14-10-11/h11-12,14-15H,4-10H2,1-3H3.